The third kappa shape index (κ3) is 4.22. The van der Waals surface area contributed by atoms with Crippen LogP contribution < -0.4 is 5.73 Å². The average molecular weight is 291 g/mol. The lowest BCUT2D eigenvalue weighted by Gasteiger charge is -2.34. The maximum absolute atomic E-state index is 12.3. The molecular weight excluding hydrogens is 271 g/mol. The molecule has 0 spiro atoms. The van der Waals surface area contributed by atoms with E-state index in [1.165, 1.54) is 4.90 Å². The molecule has 20 heavy (non-hydrogen) atoms. The normalized spacial score (nSPS) is 18.6. The molecular formula is C13H20F3N3O. The second kappa shape index (κ2) is 6.15. The van der Waals surface area contributed by atoms with Crippen LogP contribution in [0.4, 0.5) is 13.2 Å². The summed E-state index contributed by atoms with van der Waals surface area (Å²) < 4.78 is 42.4. The first kappa shape index (κ1) is 15.3. The second-order valence-electron chi connectivity index (χ2n) is 5.17. The van der Waals surface area contributed by atoms with Crippen LogP contribution in [0.5, 0.6) is 0 Å². The van der Waals surface area contributed by atoms with Gasteiger partial charge in [0.1, 0.15) is 11.5 Å². The predicted molar refractivity (Wildman–Crippen MR) is 69.1 cm³/mol. The van der Waals surface area contributed by atoms with Crippen molar-refractivity contribution in [3.05, 3.63) is 23.2 Å². The van der Waals surface area contributed by atoms with Gasteiger partial charge in [0.05, 0.1) is 13.1 Å². The Morgan fingerprint density at radius 1 is 1.20 bits per heavy atom. The van der Waals surface area contributed by atoms with E-state index in [1.807, 2.05) is 13.0 Å². The van der Waals surface area contributed by atoms with Crippen LogP contribution in [0.2, 0.25) is 0 Å². The minimum atomic E-state index is -4.11. The summed E-state index contributed by atoms with van der Waals surface area (Å²) >= 11 is 0. The van der Waals surface area contributed by atoms with E-state index in [1.54, 1.807) is 0 Å². The summed E-state index contributed by atoms with van der Waals surface area (Å²) in [6.45, 7) is 4.30. The van der Waals surface area contributed by atoms with Crippen LogP contribution in [0.1, 0.15) is 17.1 Å². The first-order valence-electron chi connectivity index (χ1n) is 6.67. The van der Waals surface area contributed by atoms with Crippen LogP contribution in [-0.2, 0) is 13.1 Å². The minimum absolute atomic E-state index is 0.361. The van der Waals surface area contributed by atoms with Crippen molar-refractivity contribution in [3.63, 3.8) is 0 Å². The fourth-order valence-corrected chi connectivity index (χ4v) is 2.45. The van der Waals surface area contributed by atoms with Gasteiger partial charge in [0.25, 0.3) is 0 Å². The van der Waals surface area contributed by atoms with Crippen LogP contribution in [-0.4, -0.2) is 48.7 Å². The molecule has 114 valence electrons. The number of nitrogens with two attached hydrogens (primary N) is 1. The van der Waals surface area contributed by atoms with Gasteiger partial charge in [-0.05, 0) is 13.0 Å². The van der Waals surface area contributed by atoms with E-state index in [4.69, 9.17) is 10.2 Å². The number of nitrogens with zero attached hydrogens (tertiary/aromatic N) is 2. The summed E-state index contributed by atoms with van der Waals surface area (Å²) in [6, 6.07) is 1.93. The van der Waals surface area contributed by atoms with Gasteiger partial charge in [-0.2, -0.15) is 13.2 Å². The highest BCUT2D eigenvalue weighted by molar-refractivity contribution is 5.20. The molecule has 0 radical (unpaired) electrons. The summed E-state index contributed by atoms with van der Waals surface area (Å²) in [7, 11) is 0. The van der Waals surface area contributed by atoms with Crippen molar-refractivity contribution in [2.45, 2.75) is 26.2 Å². The SMILES string of the molecule is Cc1oc(CN)cc1CN1CCN(CC(F)(F)F)CC1. The Kier molecular flexibility index (Phi) is 4.72. The van der Waals surface area contributed by atoms with Crippen molar-refractivity contribution in [3.8, 4) is 0 Å². The van der Waals surface area contributed by atoms with E-state index in [-0.39, 0.29) is 0 Å². The molecule has 0 saturated carbocycles. The van der Waals surface area contributed by atoms with E-state index in [9.17, 15) is 13.2 Å². The van der Waals surface area contributed by atoms with Crippen molar-refractivity contribution in [2.24, 2.45) is 5.73 Å². The van der Waals surface area contributed by atoms with Gasteiger partial charge in [0.15, 0.2) is 0 Å². The van der Waals surface area contributed by atoms with Gasteiger partial charge in [-0.1, -0.05) is 0 Å². The Morgan fingerprint density at radius 2 is 1.80 bits per heavy atom. The molecule has 0 unspecified atom stereocenters. The molecule has 1 aliphatic heterocycles. The van der Waals surface area contributed by atoms with E-state index in [2.05, 4.69) is 4.90 Å². The summed E-state index contributed by atoms with van der Waals surface area (Å²) in [6.07, 6.45) is -4.11. The molecule has 2 N–H and O–H groups in total. The summed E-state index contributed by atoms with van der Waals surface area (Å²) in [5.74, 6) is 1.58. The van der Waals surface area contributed by atoms with Crippen molar-refractivity contribution in [1.29, 1.82) is 0 Å². The largest absolute Gasteiger partial charge is 0.465 e. The molecule has 2 heterocycles. The Labute approximate surface area is 116 Å². The first-order valence-corrected chi connectivity index (χ1v) is 6.67. The molecule has 1 aromatic heterocycles. The Balaban J connectivity index is 1.83. The minimum Gasteiger partial charge on any atom is -0.465 e. The fraction of sp³-hybridized carbons (Fsp3) is 0.692. The number of hydrogen-bond acceptors (Lipinski definition) is 4. The Morgan fingerprint density at radius 3 is 2.30 bits per heavy atom. The van der Waals surface area contributed by atoms with Crippen LogP contribution in [0.15, 0.2) is 10.5 Å². The summed E-state index contributed by atoms with van der Waals surface area (Å²) in [5.41, 5.74) is 6.59. The summed E-state index contributed by atoms with van der Waals surface area (Å²) in [4.78, 5) is 3.59. The number of aryl methyl sites for hydroxylation is 1. The lowest BCUT2D eigenvalue weighted by Crippen LogP contribution is -2.48. The van der Waals surface area contributed by atoms with E-state index < -0.39 is 12.7 Å². The molecule has 0 bridgehead atoms. The number of halogens is 3. The molecule has 7 heteroatoms. The van der Waals surface area contributed by atoms with Gasteiger partial charge in [-0.15, -0.1) is 0 Å². The van der Waals surface area contributed by atoms with Crippen molar-refractivity contribution >= 4 is 0 Å². The van der Waals surface area contributed by atoms with Crippen molar-refractivity contribution in [2.75, 3.05) is 32.7 Å². The van der Waals surface area contributed by atoms with Gasteiger partial charge < -0.3 is 10.2 Å². The molecule has 0 atom stereocenters. The molecule has 2 rings (SSSR count). The molecule has 1 aromatic rings. The number of hydrogen-bond donors (Lipinski definition) is 1. The molecule has 0 amide bonds. The quantitative estimate of drug-likeness (QED) is 0.917. The number of piperazine rings is 1. The van der Waals surface area contributed by atoms with Crippen LogP contribution in [0.25, 0.3) is 0 Å². The molecule has 4 nitrogen and oxygen atoms in total. The second-order valence-corrected chi connectivity index (χ2v) is 5.17. The number of furan rings is 1. The number of rotatable bonds is 4. The zero-order chi connectivity index (χ0) is 14.8. The maximum Gasteiger partial charge on any atom is 0.401 e. The maximum atomic E-state index is 12.3. The molecule has 1 fully saturated rings. The summed E-state index contributed by atoms with van der Waals surface area (Å²) in [5, 5.41) is 0. The van der Waals surface area contributed by atoms with Crippen LogP contribution in [0, 0.1) is 6.92 Å². The van der Waals surface area contributed by atoms with Gasteiger partial charge >= 0.3 is 6.18 Å². The topological polar surface area (TPSA) is 45.6 Å². The lowest BCUT2D eigenvalue weighted by molar-refractivity contribution is -0.149. The Bertz CT molecular complexity index is 437. The zero-order valence-corrected chi connectivity index (χ0v) is 11.5. The molecule has 1 aliphatic rings. The van der Waals surface area contributed by atoms with Crippen molar-refractivity contribution in [1.82, 2.24) is 9.80 Å². The predicted octanol–water partition coefficient (Wildman–Crippen LogP) is 1.73. The monoisotopic (exact) mass is 291 g/mol. The van der Waals surface area contributed by atoms with Gasteiger partial charge in [0.2, 0.25) is 0 Å². The standard InChI is InChI=1S/C13H20F3N3O/c1-10-11(6-12(7-17)20-10)8-18-2-4-19(5-3-18)9-13(14,15)16/h6H,2-5,7-9,17H2,1H3. The Hall–Kier alpha value is -1.05. The highest BCUT2D eigenvalue weighted by Gasteiger charge is 2.32. The van der Waals surface area contributed by atoms with E-state index in [0.29, 0.717) is 39.3 Å². The smallest absolute Gasteiger partial charge is 0.401 e. The van der Waals surface area contributed by atoms with Gasteiger partial charge in [-0.3, -0.25) is 9.80 Å². The van der Waals surface area contributed by atoms with E-state index in [0.717, 1.165) is 17.1 Å². The average Bonchev–Trinajstić information content (AvgIpc) is 2.71. The van der Waals surface area contributed by atoms with Crippen LogP contribution >= 0.6 is 0 Å². The molecule has 0 aromatic carbocycles. The number of alkyl halides is 3. The van der Waals surface area contributed by atoms with Crippen molar-refractivity contribution < 1.29 is 17.6 Å². The molecule has 0 aliphatic carbocycles. The fourth-order valence-electron chi connectivity index (χ4n) is 2.45. The van der Waals surface area contributed by atoms with Crippen LogP contribution in [0.3, 0.4) is 0 Å². The third-order valence-electron chi connectivity index (χ3n) is 3.53. The highest BCUT2D eigenvalue weighted by Crippen LogP contribution is 2.20. The first-order chi connectivity index (χ1) is 9.37. The van der Waals surface area contributed by atoms with Gasteiger partial charge in [-0.25, -0.2) is 0 Å². The molecule has 1 saturated heterocycles. The van der Waals surface area contributed by atoms with E-state index >= 15 is 0 Å². The zero-order valence-electron chi connectivity index (χ0n) is 11.5. The highest BCUT2D eigenvalue weighted by atomic mass is 19.4. The lowest BCUT2D eigenvalue weighted by atomic mass is 10.2. The van der Waals surface area contributed by atoms with Gasteiger partial charge in [0, 0.05) is 38.3 Å². The third-order valence-corrected chi connectivity index (χ3v) is 3.53.